The van der Waals surface area contributed by atoms with Gasteiger partial charge in [0.25, 0.3) is 0 Å². The third-order valence-corrected chi connectivity index (χ3v) is 17.3. The summed E-state index contributed by atoms with van der Waals surface area (Å²) >= 11 is 9.66. The highest BCUT2D eigenvalue weighted by molar-refractivity contribution is 8.33. The molecule has 2 fully saturated rings. The van der Waals surface area contributed by atoms with Crippen LogP contribution >= 0.6 is 70.6 Å². The van der Waals surface area contributed by atoms with Crippen molar-refractivity contribution in [1.29, 1.82) is 0 Å². The van der Waals surface area contributed by atoms with Gasteiger partial charge in [0.05, 0.1) is 0 Å². The van der Waals surface area contributed by atoms with E-state index in [9.17, 15) is 19.2 Å². The molecule has 2 atom stereocenters. The van der Waals surface area contributed by atoms with Crippen molar-refractivity contribution in [2.75, 3.05) is 46.8 Å². The highest BCUT2D eigenvalue weighted by Gasteiger charge is 2.29. The number of aryl methyl sites for hydroxylation is 4. The number of esters is 4. The van der Waals surface area contributed by atoms with E-state index < -0.39 is 24.1 Å². The van der Waals surface area contributed by atoms with Gasteiger partial charge >= 0.3 is 23.9 Å². The van der Waals surface area contributed by atoms with E-state index in [1.807, 2.05) is 0 Å². The maximum Gasteiger partial charge on any atom is 0.333 e. The Balaban J connectivity index is 1.54. The largest absolute Gasteiger partial charge is 0.489 e. The Bertz CT molecular complexity index is 1590. The fourth-order valence-corrected chi connectivity index (χ4v) is 14.6. The first-order valence-electron chi connectivity index (χ1n) is 19.1. The highest BCUT2D eigenvalue weighted by Crippen LogP contribution is 2.39. The van der Waals surface area contributed by atoms with Crippen molar-refractivity contribution in [3.05, 3.63) is 70.8 Å². The van der Waals surface area contributed by atoms with Gasteiger partial charge in [-0.25, -0.2) is 19.2 Å². The lowest BCUT2D eigenvalue weighted by molar-refractivity contribution is -0.156. The maximum atomic E-state index is 12.8. The zero-order chi connectivity index (χ0) is 42.2. The van der Waals surface area contributed by atoms with Crippen molar-refractivity contribution in [2.45, 2.75) is 88.6 Å². The molecule has 0 N–H and O–H groups in total. The molecule has 318 valence electrons. The zero-order valence-corrected chi connectivity index (χ0v) is 38.9. The molecule has 2 aromatic rings. The molecule has 2 unspecified atom stereocenters. The lowest BCUT2D eigenvalue weighted by Gasteiger charge is -2.24. The van der Waals surface area contributed by atoms with Crippen molar-refractivity contribution in [3.8, 4) is 22.6 Å². The van der Waals surface area contributed by atoms with Crippen LogP contribution in [-0.2, 0) is 63.8 Å². The molecule has 2 aliphatic heterocycles. The standard InChI is InChI=1S/C42H54O10S6/c1-9-27-13-31(14-28(10-2)35(27)47-17-33(51-37(43)25(5)6)19-49-39(45)41-55-21-53-22-56-41)32-15-29(11-3)36(30(12-4)16-32)48-18-34(52-38(44)26(7)8)20-50-40(46)42-57-23-54-24-58-42/h13-16,33-34,41-42H,5,7,9-12,17-24H2,1-4,6,8H3. The lowest BCUT2D eigenvalue weighted by atomic mass is 9.92. The predicted octanol–water partition coefficient (Wildman–Crippen LogP) is 9.33. The smallest absolute Gasteiger partial charge is 0.333 e. The molecular formula is C42H54O10S6. The molecule has 0 amide bonds. The van der Waals surface area contributed by atoms with Crippen LogP contribution in [0.5, 0.6) is 11.5 Å². The first-order valence-corrected chi connectivity index (χ1v) is 25.6. The van der Waals surface area contributed by atoms with Crippen LogP contribution in [0.1, 0.15) is 63.8 Å². The summed E-state index contributed by atoms with van der Waals surface area (Å²) in [5, 5.41) is 3.30. The number of hydrogen-bond acceptors (Lipinski definition) is 16. The summed E-state index contributed by atoms with van der Waals surface area (Å²) in [5.74, 6) is -0.396. The molecule has 2 saturated heterocycles. The number of rotatable bonds is 21. The second-order valence-corrected chi connectivity index (χ2v) is 21.8. The minimum Gasteiger partial charge on any atom is -0.489 e. The Kier molecular flexibility index (Phi) is 20.5. The van der Waals surface area contributed by atoms with E-state index in [0.29, 0.717) is 37.2 Å². The second-order valence-electron chi connectivity index (χ2n) is 13.4. The summed E-state index contributed by atoms with van der Waals surface area (Å²) in [6, 6.07) is 8.49. The minimum atomic E-state index is -0.827. The van der Waals surface area contributed by atoms with Gasteiger partial charge in [-0.05, 0) is 97.2 Å². The molecule has 2 aliphatic rings. The number of benzene rings is 2. The van der Waals surface area contributed by atoms with Crippen molar-refractivity contribution < 1.29 is 47.6 Å². The molecule has 0 saturated carbocycles. The first-order chi connectivity index (χ1) is 27.9. The van der Waals surface area contributed by atoms with Crippen LogP contribution in [0.15, 0.2) is 48.6 Å². The Labute approximate surface area is 368 Å². The molecule has 2 aromatic carbocycles. The van der Waals surface area contributed by atoms with E-state index in [2.05, 4.69) is 65.1 Å². The predicted molar refractivity (Wildman–Crippen MR) is 244 cm³/mol. The summed E-state index contributed by atoms with van der Waals surface area (Å²) in [5.41, 5.74) is 6.48. The van der Waals surface area contributed by atoms with Gasteiger partial charge in [0, 0.05) is 31.5 Å². The lowest BCUT2D eigenvalue weighted by Crippen LogP contribution is -2.33. The summed E-state index contributed by atoms with van der Waals surface area (Å²) in [6.07, 6.45) is 1.08. The third-order valence-electron chi connectivity index (χ3n) is 8.83. The Morgan fingerprint density at radius 3 is 1.16 bits per heavy atom. The minimum absolute atomic E-state index is 0.00199. The van der Waals surface area contributed by atoms with E-state index in [-0.39, 0.29) is 58.7 Å². The van der Waals surface area contributed by atoms with Crippen LogP contribution in [0.4, 0.5) is 0 Å². The average Bonchev–Trinajstić information content (AvgIpc) is 3.24. The van der Waals surface area contributed by atoms with Crippen molar-refractivity contribution in [2.24, 2.45) is 0 Å². The normalized spacial score (nSPS) is 15.8. The molecule has 16 heteroatoms. The topological polar surface area (TPSA) is 124 Å². The van der Waals surface area contributed by atoms with Gasteiger partial charge in [0.2, 0.25) is 0 Å². The van der Waals surface area contributed by atoms with Crippen LogP contribution in [-0.4, -0.2) is 92.0 Å². The van der Waals surface area contributed by atoms with Crippen molar-refractivity contribution in [3.63, 3.8) is 0 Å². The summed E-state index contributed by atoms with van der Waals surface area (Å²) in [7, 11) is 0. The fraction of sp³-hybridized carbons (Fsp3) is 0.524. The Morgan fingerprint density at radius 2 is 0.879 bits per heavy atom. The molecule has 0 radical (unpaired) electrons. The molecule has 0 bridgehead atoms. The van der Waals surface area contributed by atoms with E-state index in [0.717, 1.165) is 53.7 Å². The van der Waals surface area contributed by atoms with Gasteiger partial charge in [-0.15, -0.1) is 70.6 Å². The van der Waals surface area contributed by atoms with Gasteiger partial charge in [-0.1, -0.05) is 40.9 Å². The van der Waals surface area contributed by atoms with Crippen LogP contribution in [0, 0.1) is 0 Å². The maximum absolute atomic E-state index is 12.8. The van der Waals surface area contributed by atoms with E-state index in [1.165, 1.54) is 47.0 Å². The number of ether oxygens (including phenoxy) is 6. The van der Waals surface area contributed by atoms with E-state index >= 15 is 0 Å². The van der Waals surface area contributed by atoms with E-state index in [1.54, 1.807) is 37.4 Å². The van der Waals surface area contributed by atoms with Crippen molar-refractivity contribution in [1.82, 2.24) is 0 Å². The van der Waals surface area contributed by atoms with Crippen LogP contribution < -0.4 is 9.47 Å². The number of carbonyl (C=O) groups is 4. The third kappa shape index (κ3) is 14.3. The average molecular weight is 911 g/mol. The molecule has 58 heavy (non-hydrogen) atoms. The first kappa shape index (κ1) is 48.2. The Morgan fingerprint density at radius 1 is 0.569 bits per heavy atom. The van der Waals surface area contributed by atoms with Gasteiger partial charge in [0.15, 0.2) is 12.2 Å². The van der Waals surface area contributed by atoms with Gasteiger partial charge in [-0.3, -0.25) is 0 Å². The SMILES string of the molecule is C=C(C)C(=O)OC(COC(=O)C1SCSCS1)COc1c(CC)cc(-c2cc(CC)c(OCC(COC(=O)C3SCSCS3)OC(=O)C(=C)C)c(CC)c2)cc1CC. The number of hydrogen-bond donors (Lipinski definition) is 0. The molecule has 0 aliphatic carbocycles. The Hall–Kier alpha value is -2.50. The summed E-state index contributed by atoms with van der Waals surface area (Å²) in [4.78, 5) is 50.7. The molecule has 4 rings (SSSR count). The van der Waals surface area contributed by atoms with Crippen LogP contribution in [0.25, 0.3) is 11.1 Å². The van der Waals surface area contributed by atoms with Gasteiger partial charge < -0.3 is 28.4 Å². The monoisotopic (exact) mass is 910 g/mol. The van der Waals surface area contributed by atoms with E-state index in [4.69, 9.17) is 28.4 Å². The fourth-order valence-electron chi connectivity index (χ4n) is 5.71. The summed E-state index contributed by atoms with van der Waals surface area (Å²) < 4.78 is 34.8. The molecule has 2 heterocycles. The molecule has 0 aromatic heterocycles. The summed E-state index contributed by atoms with van der Waals surface area (Å²) in [6.45, 7) is 18.6. The number of carbonyl (C=O) groups excluding carboxylic acids is 4. The van der Waals surface area contributed by atoms with Crippen LogP contribution in [0.3, 0.4) is 0 Å². The van der Waals surface area contributed by atoms with Crippen LogP contribution in [0.2, 0.25) is 0 Å². The zero-order valence-electron chi connectivity index (χ0n) is 34.1. The molecule has 10 nitrogen and oxygen atoms in total. The van der Waals surface area contributed by atoms with Crippen molar-refractivity contribution >= 4 is 94.4 Å². The molecule has 0 spiro atoms. The highest BCUT2D eigenvalue weighted by atomic mass is 32.3. The molecular weight excluding hydrogens is 857 g/mol. The van der Waals surface area contributed by atoms with Gasteiger partial charge in [-0.2, -0.15) is 0 Å². The quantitative estimate of drug-likeness (QED) is 0.0671. The number of thioether (sulfide) groups is 6. The van der Waals surface area contributed by atoms with Gasteiger partial charge in [0.1, 0.15) is 47.1 Å². The second kappa shape index (κ2) is 24.7.